The lowest BCUT2D eigenvalue weighted by atomic mass is 9.99. The van der Waals surface area contributed by atoms with Crippen LogP contribution < -0.4 is 76.1 Å². The van der Waals surface area contributed by atoms with E-state index in [-0.39, 0.29) is 108 Å². The van der Waals surface area contributed by atoms with Crippen molar-refractivity contribution in [2.75, 3.05) is 58.8 Å². The molecule has 22 N–H and O–H groups in total. The van der Waals surface area contributed by atoms with Crippen LogP contribution in [0.4, 0.5) is 0 Å². The summed E-state index contributed by atoms with van der Waals surface area (Å²) in [6, 6.07) is -2.16. The molecule has 132 heavy (non-hydrogen) atoms. The van der Waals surface area contributed by atoms with E-state index in [2.05, 4.69) is 63.1 Å². The number of amides is 18. The van der Waals surface area contributed by atoms with Gasteiger partial charge in [-0.2, -0.15) is 0 Å². The first kappa shape index (κ1) is 104. The lowest BCUT2D eigenvalue weighted by Crippen LogP contribution is -2.61. The zero-order valence-corrected chi connectivity index (χ0v) is 76.3. The van der Waals surface area contributed by atoms with E-state index < -0.39 is 241 Å². The number of phenols is 1. The lowest BCUT2D eigenvalue weighted by molar-refractivity contribution is -0.149. The van der Waals surface area contributed by atoms with E-state index >= 15 is 33.6 Å². The number of para-hydroxylation sites is 2. The molecule has 18 amide bonds. The predicted octanol–water partition coefficient (Wildman–Crippen LogP) is -2.03. The highest BCUT2D eigenvalue weighted by atomic mass is 32.2. The van der Waals surface area contributed by atoms with Crippen molar-refractivity contribution in [3.8, 4) is 5.75 Å². The molecule has 5 heterocycles. The van der Waals surface area contributed by atoms with Crippen LogP contribution in [0.3, 0.4) is 0 Å². The number of primary amides is 3. The van der Waals surface area contributed by atoms with E-state index in [0.717, 1.165) is 19.6 Å². The molecule has 3 saturated heterocycles. The number of carboxylic acid groups (broad SMARTS) is 1. The van der Waals surface area contributed by atoms with E-state index in [1.165, 1.54) is 57.2 Å². The number of aromatic nitrogens is 2. The van der Waals surface area contributed by atoms with Crippen LogP contribution >= 0.6 is 11.8 Å². The topological polar surface area (TPSA) is 637 Å². The summed E-state index contributed by atoms with van der Waals surface area (Å²) in [6.07, 6.45) is 0.957. The van der Waals surface area contributed by atoms with Gasteiger partial charge in [-0.25, -0.2) is 0 Å². The van der Waals surface area contributed by atoms with Gasteiger partial charge in [0.15, 0.2) is 0 Å². The number of nitrogens with one attached hydrogen (secondary N) is 12. The Hall–Kier alpha value is -13.2. The minimum atomic E-state index is -1.82. The second kappa shape index (κ2) is 49.7. The molecule has 0 spiro atoms. The highest BCUT2D eigenvalue weighted by Crippen LogP contribution is 2.28. The van der Waals surface area contributed by atoms with Crippen molar-refractivity contribution in [1.82, 2.24) is 87.6 Å². The van der Waals surface area contributed by atoms with E-state index in [1.54, 1.807) is 81.7 Å². The molecule has 0 bridgehead atoms. The molecule has 8 rings (SSSR count). The minimum Gasteiger partial charge on any atom is -0.508 e. The number of phenolic OH excluding ortho intramolecular Hbond substituents is 1. The number of benzene rings is 3. The van der Waals surface area contributed by atoms with Crippen LogP contribution in [0.15, 0.2) is 85.2 Å². The Balaban J connectivity index is 1.19. The molecule has 42 nitrogen and oxygen atoms in total. The summed E-state index contributed by atoms with van der Waals surface area (Å²) in [5.74, 6) is -20.4. The minimum absolute atomic E-state index is 0.0150. The molecule has 3 fully saturated rings. The number of nitrogens with two attached hydrogens (primary N) is 4. The average molecular weight is 1860 g/mol. The molecular formula is C89H125N21O21S. The van der Waals surface area contributed by atoms with Crippen LogP contribution in [-0.4, -0.2) is 300 Å². The van der Waals surface area contributed by atoms with Crippen molar-refractivity contribution in [2.24, 2.45) is 28.9 Å². The third-order valence-corrected chi connectivity index (χ3v) is 24.7. The second-order valence-corrected chi connectivity index (χ2v) is 35.0. The first-order valence-electron chi connectivity index (χ1n) is 44.4. The Labute approximate surface area is 767 Å². The van der Waals surface area contributed by atoms with Crippen LogP contribution in [0.2, 0.25) is 0 Å². The highest BCUT2D eigenvalue weighted by molar-refractivity contribution is 8.00. The van der Waals surface area contributed by atoms with E-state index in [4.69, 9.17) is 22.9 Å². The van der Waals surface area contributed by atoms with E-state index in [0.29, 0.717) is 69.5 Å². The van der Waals surface area contributed by atoms with Crippen LogP contribution in [0.5, 0.6) is 5.75 Å². The molecule has 5 aromatic rings. The molecule has 0 saturated carbocycles. The Bertz CT molecular complexity index is 5010. The maximum Gasteiger partial charge on any atom is 0.303 e. The number of H-pyrrole nitrogens is 2. The van der Waals surface area contributed by atoms with Gasteiger partial charge in [-0.05, 0) is 118 Å². The van der Waals surface area contributed by atoms with Gasteiger partial charge in [0.25, 0.3) is 0 Å². The molecule has 3 aliphatic rings. The summed E-state index contributed by atoms with van der Waals surface area (Å²) in [5, 5.41) is 47.6. The van der Waals surface area contributed by atoms with Gasteiger partial charge in [0.2, 0.25) is 106 Å². The number of aliphatic carboxylic acids is 1. The first-order valence-corrected chi connectivity index (χ1v) is 45.5. The third kappa shape index (κ3) is 29.1. The number of carbonyl (C=O) groups excluding carboxylic acids is 18. The molecule has 0 radical (unpaired) electrons. The standard InChI is InChI=1S/C89H125N21O21S/c1-9-11-23-67-82(124)99-58(31-32-75(116)117)78(120)105-66(77(119)96-45-73(93)114)46-132-47-74(115)97-63(38-50-27-29-53(111)30-28-50)85(127)106(6)49(5)76(118)102-65(42-72(92)113)88(130)110-36-18-26-69(110)84(126)101-61(41-71(91)112)81(123)103-62(37-48(3)4)87(129)109-35-17-25-68(109)83(125)100-60(39-51-43-94-56-21-15-13-19-54(51)56)80(122)98-59(33-34-90)79(121)104-64(40-52-44-95-57-22-16-14-20-55(52)57)86(128)108(8)70(24-12-10-2)89(131)107(67)7/h13-16,19-22,27-30,43-44,48-49,58-70,94-95,111H,9-12,17-18,23-26,31-42,45-47,90H2,1-8H3,(H2,91,112)(H2,92,113)(H2,93,114)(H,96,119)(H,97,115)(H,98,122)(H,99,124)(H,100,125)(H,101,126)(H,102,118)(H,103,123)(H,104,121)(H,105,120)(H,116,117)/t49-,58-,59-,60-,61-,62-,63-,64-,65+,66-,67-,68-,69-,70-/m0/s1. The van der Waals surface area contributed by atoms with Crippen molar-refractivity contribution >= 4 is 146 Å². The summed E-state index contributed by atoms with van der Waals surface area (Å²) in [4.78, 5) is 286. The van der Waals surface area contributed by atoms with E-state index in [9.17, 15) is 67.7 Å². The van der Waals surface area contributed by atoms with Crippen molar-refractivity contribution in [2.45, 2.75) is 241 Å². The Kier molecular flexibility index (Phi) is 39.2. The summed E-state index contributed by atoms with van der Waals surface area (Å²) in [5.41, 5.74) is 25.8. The quantitative estimate of drug-likeness (QED) is 0.0284. The summed E-state index contributed by atoms with van der Waals surface area (Å²) in [7, 11) is 3.85. The summed E-state index contributed by atoms with van der Waals surface area (Å²) < 4.78 is 0. The zero-order valence-electron chi connectivity index (χ0n) is 75.5. The highest BCUT2D eigenvalue weighted by Gasteiger charge is 2.46. The number of nitrogens with zero attached hydrogens (tertiary/aromatic N) is 5. The van der Waals surface area contributed by atoms with Gasteiger partial charge in [0, 0.05) is 99.9 Å². The maximum atomic E-state index is 15.8. The van der Waals surface area contributed by atoms with Crippen molar-refractivity contribution in [3.63, 3.8) is 0 Å². The number of carboxylic acids is 1. The van der Waals surface area contributed by atoms with Crippen molar-refractivity contribution in [1.29, 1.82) is 0 Å². The lowest BCUT2D eigenvalue weighted by Gasteiger charge is -2.36. The predicted molar refractivity (Wildman–Crippen MR) is 484 cm³/mol. The van der Waals surface area contributed by atoms with Gasteiger partial charge in [0.05, 0.1) is 25.1 Å². The fourth-order valence-corrected chi connectivity index (χ4v) is 17.2. The summed E-state index contributed by atoms with van der Waals surface area (Å²) >= 11 is 0.706. The van der Waals surface area contributed by atoms with Crippen molar-refractivity contribution < 1.29 is 101 Å². The summed E-state index contributed by atoms with van der Waals surface area (Å²) in [6.45, 7) is 7.18. The van der Waals surface area contributed by atoms with Crippen LogP contribution in [0.25, 0.3) is 21.8 Å². The zero-order chi connectivity index (χ0) is 96.9. The number of likely N-dealkylation sites (N-methyl/N-ethyl adjacent to an activating group) is 3. The molecule has 3 aliphatic heterocycles. The smallest absolute Gasteiger partial charge is 0.303 e. The molecule has 2 aromatic heterocycles. The molecule has 14 atom stereocenters. The monoisotopic (exact) mass is 1860 g/mol. The van der Waals surface area contributed by atoms with Crippen molar-refractivity contribution in [3.05, 3.63) is 102 Å². The van der Waals surface area contributed by atoms with E-state index in [1.807, 2.05) is 6.92 Å². The number of thioether (sulfide) groups is 1. The average Bonchev–Trinajstić information content (AvgIpc) is 1.66. The van der Waals surface area contributed by atoms with Crippen LogP contribution in [0, 0.1) is 5.92 Å². The number of aromatic hydroxyl groups is 1. The molecular weight excluding hydrogens is 1730 g/mol. The number of aromatic amines is 2. The van der Waals surface area contributed by atoms with Gasteiger partial charge in [-0.3, -0.25) is 91.1 Å². The van der Waals surface area contributed by atoms with Gasteiger partial charge in [-0.15, -0.1) is 11.8 Å². The van der Waals surface area contributed by atoms with Gasteiger partial charge >= 0.3 is 5.97 Å². The Morgan fingerprint density at radius 3 is 1.51 bits per heavy atom. The number of unbranched alkanes of at least 4 members (excludes halogenated alkanes) is 2. The maximum absolute atomic E-state index is 15.8. The second-order valence-electron chi connectivity index (χ2n) is 34.0. The van der Waals surface area contributed by atoms with Gasteiger partial charge in [-0.1, -0.05) is 102 Å². The normalized spacial score (nSPS) is 24.5. The Morgan fingerprint density at radius 2 is 0.955 bits per heavy atom. The number of hydrogen-bond donors (Lipinski definition) is 18. The Morgan fingerprint density at radius 1 is 0.492 bits per heavy atom. The number of carbonyl (C=O) groups is 19. The fraction of sp³-hybridized carbons (Fsp3) is 0.539. The fourth-order valence-electron chi connectivity index (χ4n) is 16.4. The third-order valence-electron chi connectivity index (χ3n) is 23.7. The van der Waals surface area contributed by atoms with Gasteiger partial charge < -0.3 is 121 Å². The molecule has 0 unspecified atom stereocenters. The first-order chi connectivity index (χ1) is 62.7. The number of rotatable bonds is 26. The number of fused-ring (bicyclic) bond motifs is 4. The van der Waals surface area contributed by atoms with Gasteiger partial charge in [0.1, 0.15) is 90.3 Å². The van der Waals surface area contributed by atoms with Crippen LogP contribution in [0.1, 0.15) is 154 Å². The molecule has 718 valence electrons. The SMILES string of the molecule is CCCC[C@H]1C(=O)N(C)[C@@H](CCCC)C(=O)N[C@@H](CCC(=O)O)C(=O)N[C@H](C(=O)NCC(N)=O)CSCC(=O)N[C@@H](Cc2ccc(O)cc2)C(=O)N(C)[C@@H](C)C(=O)N[C@H](CC(N)=O)C(=O)N2CCC[C@H]2C(=O)N[C@@H](CC(N)=O)C(=O)N[C@@H](CC(C)C)C(=O)N2CCC[C@H]2C(=O)N[C@@H](Cc2c[nH]c3ccccc23)C(=O)N[C@@H](CCN)C(=O)N[C@@H](Cc2c[nH]c3ccccc23)C(=O)N1C. The molecule has 0 aliphatic carbocycles. The molecule has 3 aromatic carbocycles. The largest absolute Gasteiger partial charge is 0.508 e. The van der Waals surface area contributed by atoms with Crippen LogP contribution in [-0.2, 0) is 110 Å². The number of hydrogen-bond acceptors (Lipinski definition) is 22. The molecule has 43 heteroatoms.